The van der Waals surface area contributed by atoms with E-state index in [1.807, 2.05) is 55.5 Å². The highest BCUT2D eigenvalue weighted by Crippen LogP contribution is 2.39. The van der Waals surface area contributed by atoms with Crippen LogP contribution >= 0.6 is 11.8 Å². The van der Waals surface area contributed by atoms with Gasteiger partial charge in [0.05, 0.1) is 11.4 Å². The number of anilines is 1. The fraction of sp³-hybridized carbons (Fsp3) is 0.167. The topological polar surface area (TPSA) is 61.8 Å². The van der Waals surface area contributed by atoms with Gasteiger partial charge in [-0.3, -0.25) is 9.59 Å². The smallest absolute Gasteiger partial charge is 0.276 e. The fourth-order valence-electron chi connectivity index (χ4n) is 2.80. The average molecular weight is 337 g/mol. The summed E-state index contributed by atoms with van der Waals surface area (Å²) in [5, 5.41) is 8.44. The molecule has 2 aliphatic rings. The van der Waals surface area contributed by atoms with E-state index in [1.165, 1.54) is 16.8 Å². The summed E-state index contributed by atoms with van der Waals surface area (Å²) in [6.07, 6.45) is 0. The minimum Gasteiger partial charge on any atom is -0.320 e. The van der Waals surface area contributed by atoms with Crippen molar-refractivity contribution in [1.82, 2.24) is 5.01 Å². The first kappa shape index (κ1) is 15.0. The number of hydrogen-bond acceptors (Lipinski definition) is 4. The molecule has 4 rings (SSSR count). The summed E-state index contributed by atoms with van der Waals surface area (Å²) >= 11 is 1.52. The molecular weight excluding hydrogens is 322 g/mol. The molecule has 1 fully saturated rings. The lowest BCUT2D eigenvalue weighted by atomic mass is 10.1. The summed E-state index contributed by atoms with van der Waals surface area (Å²) in [7, 11) is 0. The summed E-state index contributed by atoms with van der Waals surface area (Å²) in [5.41, 5.74) is 3.92. The van der Waals surface area contributed by atoms with E-state index in [1.54, 1.807) is 0 Å². The molecule has 1 unspecified atom stereocenters. The van der Waals surface area contributed by atoms with Gasteiger partial charge in [-0.2, -0.15) is 5.10 Å². The third-order valence-electron chi connectivity index (χ3n) is 4.06. The predicted molar refractivity (Wildman–Crippen MR) is 94.8 cm³/mol. The molecule has 120 valence electrons. The maximum atomic E-state index is 12.3. The van der Waals surface area contributed by atoms with Gasteiger partial charge in [-0.1, -0.05) is 48.0 Å². The molecule has 5 nitrogen and oxygen atoms in total. The first-order chi connectivity index (χ1) is 11.6. The minimum atomic E-state index is -0.274. The first-order valence-electron chi connectivity index (χ1n) is 7.63. The Balaban J connectivity index is 1.73. The van der Waals surface area contributed by atoms with Crippen molar-refractivity contribution in [1.29, 1.82) is 0 Å². The number of rotatable bonds is 2. The number of hydrazone groups is 1. The monoisotopic (exact) mass is 337 g/mol. The highest BCUT2D eigenvalue weighted by molar-refractivity contribution is 8.00. The van der Waals surface area contributed by atoms with Crippen molar-refractivity contribution in [2.75, 3.05) is 11.1 Å². The van der Waals surface area contributed by atoms with Gasteiger partial charge in [-0.05, 0) is 18.6 Å². The number of carbonyl (C=O) groups is 2. The van der Waals surface area contributed by atoms with Gasteiger partial charge < -0.3 is 5.32 Å². The summed E-state index contributed by atoms with van der Waals surface area (Å²) in [6, 6.07) is 15.4. The van der Waals surface area contributed by atoms with Crippen molar-refractivity contribution in [3.63, 3.8) is 0 Å². The number of nitrogens with one attached hydrogen (secondary N) is 1. The van der Waals surface area contributed by atoms with Gasteiger partial charge in [-0.25, -0.2) is 5.01 Å². The van der Waals surface area contributed by atoms with Crippen LogP contribution in [0.15, 0.2) is 53.6 Å². The molecule has 6 heteroatoms. The molecule has 2 heterocycles. The number of nitrogens with zero attached hydrogens (tertiary/aromatic N) is 2. The third kappa shape index (κ3) is 2.49. The molecule has 24 heavy (non-hydrogen) atoms. The van der Waals surface area contributed by atoms with Crippen molar-refractivity contribution < 1.29 is 9.59 Å². The molecule has 2 aliphatic heterocycles. The lowest BCUT2D eigenvalue weighted by Crippen LogP contribution is -2.27. The van der Waals surface area contributed by atoms with Crippen LogP contribution < -0.4 is 5.32 Å². The average Bonchev–Trinajstić information content (AvgIpc) is 3.10. The molecule has 2 aromatic carbocycles. The predicted octanol–water partition coefficient (Wildman–Crippen LogP) is 2.93. The molecule has 0 aliphatic carbocycles. The van der Waals surface area contributed by atoms with E-state index in [2.05, 4.69) is 10.4 Å². The quantitative estimate of drug-likeness (QED) is 0.916. The number of thioether (sulfide) groups is 1. The van der Waals surface area contributed by atoms with Crippen LogP contribution in [-0.2, 0) is 9.59 Å². The lowest BCUT2D eigenvalue weighted by molar-refractivity contribution is -0.128. The van der Waals surface area contributed by atoms with Gasteiger partial charge >= 0.3 is 0 Å². The zero-order valence-electron chi connectivity index (χ0n) is 13.0. The Morgan fingerprint density at radius 3 is 2.67 bits per heavy atom. The third-order valence-corrected chi connectivity index (χ3v) is 5.26. The van der Waals surface area contributed by atoms with Crippen molar-refractivity contribution in [3.8, 4) is 0 Å². The van der Waals surface area contributed by atoms with Gasteiger partial charge in [0, 0.05) is 5.56 Å². The second-order valence-electron chi connectivity index (χ2n) is 5.76. The SMILES string of the molecule is Cc1ccc(C2SCC(=O)N2/N=C2/C(=O)Nc3ccccc32)cc1. The second kappa shape index (κ2) is 5.79. The number of para-hydroxylation sites is 1. The summed E-state index contributed by atoms with van der Waals surface area (Å²) in [5.74, 6) is -0.00250. The molecule has 0 bridgehead atoms. The van der Waals surface area contributed by atoms with Crippen molar-refractivity contribution >= 4 is 35.0 Å². The van der Waals surface area contributed by atoms with Crippen LogP contribution in [0.25, 0.3) is 0 Å². The number of aryl methyl sites for hydroxylation is 1. The van der Waals surface area contributed by atoms with E-state index in [4.69, 9.17) is 0 Å². The maximum Gasteiger partial charge on any atom is 0.276 e. The highest BCUT2D eigenvalue weighted by atomic mass is 32.2. The molecule has 2 aromatic rings. The largest absolute Gasteiger partial charge is 0.320 e. The Bertz CT molecular complexity index is 861. The van der Waals surface area contributed by atoms with Crippen LogP contribution in [0.1, 0.15) is 22.1 Å². The molecular formula is C18H15N3O2S. The molecule has 0 spiro atoms. The standard InChI is InChI=1S/C18H15N3O2S/c1-11-6-8-12(9-7-11)18-21(15(22)10-24-18)20-16-13-4-2-3-5-14(13)19-17(16)23/h2-9,18H,10H2,1H3,(H,19,20,23). The number of fused-ring (bicyclic) bond motifs is 1. The Kier molecular flexibility index (Phi) is 3.61. The number of amides is 2. The summed E-state index contributed by atoms with van der Waals surface area (Å²) in [6.45, 7) is 2.02. The van der Waals surface area contributed by atoms with Gasteiger partial charge in [-0.15, -0.1) is 11.8 Å². The van der Waals surface area contributed by atoms with Gasteiger partial charge in [0.15, 0.2) is 5.71 Å². The Labute approximate surface area is 143 Å². The maximum absolute atomic E-state index is 12.3. The molecule has 0 radical (unpaired) electrons. The molecule has 2 amide bonds. The van der Waals surface area contributed by atoms with E-state index < -0.39 is 0 Å². The van der Waals surface area contributed by atoms with Crippen LogP contribution in [0.3, 0.4) is 0 Å². The van der Waals surface area contributed by atoms with E-state index in [9.17, 15) is 9.59 Å². The van der Waals surface area contributed by atoms with E-state index in [0.29, 0.717) is 11.5 Å². The normalized spacial score (nSPS) is 21.3. The highest BCUT2D eigenvalue weighted by Gasteiger charge is 2.35. The van der Waals surface area contributed by atoms with Gasteiger partial charge in [0.1, 0.15) is 5.37 Å². The zero-order valence-corrected chi connectivity index (χ0v) is 13.8. The van der Waals surface area contributed by atoms with Crippen molar-refractivity contribution in [2.45, 2.75) is 12.3 Å². The fourth-order valence-corrected chi connectivity index (χ4v) is 3.89. The number of benzene rings is 2. The molecule has 0 saturated carbocycles. The number of hydrogen-bond donors (Lipinski definition) is 1. The van der Waals surface area contributed by atoms with Crippen molar-refractivity contribution in [2.24, 2.45) is 5.10 Å². The molecule has 1 saturated heterocycles. The molecule has 0 aromatic heterocycles. The zero-order chi connectivity index (χ0) is 16.7. The van der Waals surface area contributed by atoms with Gasteiger partial charge in [0.25, 0.3) is 11.8 Å². The summed E-state index contributed by atoms with van der Waals surface area (Å²) < 4.78 is 0. The minimum absolute atomic E-state index is 0.0877. The van der Waals surface area contributed by atoms with E-state index in [0.717, 1.165) is 22.4 Å². The van der Waals surface area contributed by atoms with Crippen LogP contribution in [0.4, 0.5) is 5.69 Å². The molecule has 1 atom stereocenters. The Morgan fingerprint density at radius 1 is 1.12 bits per heavy atom. The van der Waals surface area contributed by atoms with Crippen LogP contribution in [-0.4, -0.2) is 28.3 Å². The van der Waals surface area contributed by atoms with E-state index in [-0.39, 0.29) is 17.2 Å². The lowest BCUT2D eigenvalue weighted by Gasteiger charge is -2.19. The number of carbonyl (C=O) groups excluding carboxylic acids is 2. The van der Waals surface area contributed by atoms with E-state index >= 15 is 0 Å². The Morgan fingerprint density at radius 2 is 1.88 bits per heavy atom. The van der Waals surface area contributed by atoms with Crippen LogP contribution in [0, 0.1) is 6.92 Å². The Hall–Kier alpha value is -2.60. The van der Waals surface area contributed by atoms with Crippen LogP contribution in [0.2, 0.25) is 0 Å². The van der Waals surface area contributed by atoms with Crippen LogP contribution in [0.5, 0.6) is 0 Å². The summed E-state index contributed by atoms with van der Waals surface area (Å²) in [4.78, 5) is 24.5. The second-order valence-corrected chi connectivity index (χ2v) is 6.83. The first-order valence-corrected chi connectivity index (χ1v) is 8.68. The van der Waals surface area contributed by atoms with Crippen molar-refractivity contribution in [3.05, 3.63) is 65.2 Å². The van der Waals surface area contributed by atoms with Gasteiger partial charge in [0.2, 0.25) is 0 Å². The molecule has 1 N–H and O–H groups in total.